The number of aliphatic hydroxyl groups is 3. The van der Waals surface area contributed by atoms with Crippen LogP contribution in [0.3, 0.4) is 0 Å². The second-order valence-corrected chi connectivity index (χ2v) is 12.3. The van der Waals surface area contributed by atoms with Gasteiger partial charge in [0.15, 0.2) is 12.4 Å². The molecule has 0 amide bonds. The van der Waals surface area contributed by atoms with Crippen LogP contribution in [0.1, 0.15) is 65.2 Å². The molecule has 6 atom stereocenters. The van der Waals surface area contributed by atoms with E-state index in [1.165, 1.54) is 0 Å². The summed E-state index contributed by atoms with van der Waals surface area (Å²) >= 11 is 0. The number of allylic oxidation sites excluding steroid dienone is 14. The van der Waals surface area contributed by atoms with Crippen molar-refractivity contribution in [3.63, 3.8) is 0 Å². The third-order valence-electron chi connectivity index (χ3n) is 6.61. The van der Waals surface area contributed by atoms with Gasteiger partial charge in [-0.25, -0.2) is 0 Å². The van der Waals surface area contributed by atoms with Crippen molar-refractivity contribution < 1.29 is 56.8 Å². The topological polar surface area (TPSA) is 186 Å². The Balaban J connectivity index is 2.70. The number of carbonyl (C=O) groups is 2. The summed E-state index contributed by atoms with van der Waals surface area (Å²) in [6.07, 6.45) is 21.5. The third-order valence-corrected chi connectivity index (χ3v) is 7.36. The van der Waals surface area contributed by atoms with Gasteiger partial charge in [0.2, 0.25) is 0 Å². The molecule has 4 N–H and O–H groups in total. The highest BCUT2D eigenvalue weighted by atomic mass is 32.2. The Labute approximate surface area is 284 Å². The van der Waals surface area contributed by atoms with Crippen LogP contribution in [0.25, 0.3) is 0 Å². The van der Waals surface area contributed by atoms with E-state index in [0.717, 1.165) is 19.3 Å². The monoisotopic (exact) mass is 696 g/mol. The van der Waals surface area contributed by atoms with Gasteiger partial charge in [-0.15, -0.1) is 0 Å². The molecular formula is C35H52O12S. The molecule has 0 radical (unpaired) electrons. The average molecular weight is 697 g/mol. The minimum atomic E-state index is -4.61. The Hall–Kier alpha value is -3.17. The minimum absolute atomic E-state index is 0.0512. The van der Waals surface area contributed by atoms with Crippen LogP contribution in [0, 0.1) is 0 Å². The molecule has 3 unspecified atom stereocenters. The fourth-order valence-electron chi connectivity index (χ4n) is 4.12. The van der Waals surface area contributed by atoms with E-state index >= 15 is 0 Å². The maximum absolute atomic E-state index is 12.6. The highest BCUT2D eigenvalue weighted by molar-refractivity contribution is 7.85. The van der Waals surface area contributed by atoms with E-state index in [4.69, 9.17) is 23.5 Å². The molecule has 0 aromatic heterocycles. The zero-order valence-electron chi connectivity index (χ0n) is 27.8. The van der Waals surface area contributed by atoms with Crippen LogP contribution in [0.4, 0.5) is 0 Å². The van der Waals surface area contributed by atoms with Crippen molar-refractivity contribution in [2.75, 3.05) is 19.0 Å². The predicted molar refractivity (Wildman–Crippen MR) is 182 cm³/mol. The maximum Gasteiger partial charge on any atom is 0.306 e. The lowest BCUT2D eigenvalue weighted by Gasteiger charge is -2.40. The lowest BCUT2D eigenvalue weighted by atomic mass is 10.00. The van der Waals surface area contributed by atoms with Crippen LogP contribution in [-0.2, 0) is 38.7 Å². The quantitative estimate of drug-likeness (QED) is 0.0393. The number of aliphatic hydroxyl groups excluding tert-OH is 3. The molecule has 270 valence electrons. The first-order chi connectivity index (χ1) is 23.0. The molecule has 1 fully saturated rings. The van der Waals surface area contributed by atoms with Crippen LogP contribution >= 0.6 is 0 Å². The Morgan fingerprint density at radius 2 is 1.35 bits per heavy atom. The highest BCUT2D eigenvalue weighted by Crippen LogP contribution is 2.23. The van der Waals surface area contributed by atoms with Gasteiger partial charge >= 0.3 is 11.9 Å². The van der Waals surface area contributed by atoms with Crippen molar-refractivity contribution in [2.45, 2.75) is 102 Å². The Morgan fingerprint density at radius 1 is 0.729 bits per heavy atom. The van der Waals surface area contributed by atoms with Crippen molar-refractivity contribution in [3.05, 3.63) is 85.1 Å². The molecule has 0 spiro atoms. The summed E-state index contributed by atoms with van der Waals surface area (Å²) in [6, 6.07) is 0. The van der Waals surface area contributed by atoms with Crippen molar-refractivity contribution >= 4 is 22.1 Å². The Kier molecular flexibility index (Phi) is 23.0. The zero-order chi connectivity index (χ0) is 35.6. The number of hydrogen-bond donors (Lipinski definition) is 4. The van der Waals surface area contributed by atoms with Crippen LogP contribution in [0.15, 0.2) is 85.1 Å². The van der Waals surface area contributed by atoms with Crippen molar-refractivity contribution in [2.24, 2.45) is 0 Å². The number of unbranched alkanes of at least 4 members (excludes halogenated alkanes) is 1. The molecule has 0 aromatic carbocycles. The normalized spacial score (nSPS) is 23.2. The number of carbonyl (C=O) groups excluding carboxylic acids is 2. The summed E-state index contributed by atoms with van der Waals surface area (Å²) in [4.78, 5) is 24.9. The van der Waals surface area contributed by atoms with E-state index in [0.29, 0.717) is 19.3 Å². The van der Waals surface area contributed by atoms with Gasteiger partial charge in [0.1, 0.15) is 36.8 Å². The van der Waals surface area contributed by atoms with Gasteiger partial charge in [-0.3, -0.25) is 14.1 Å². The smallest absolute Gasteiger partial charge is 0.306 e. The van der Waals surface area contributed by atoms with Gasteiger partial charge in [-0.2, -0.15) is 8.42 Å². The summed E-state index contributed by atoms with van der Waals surface area (Å²) in [7, 11) is -4.61. The predicted octanol–water partition coefficient (Wildman–Crippen LogP) is 4.21. The SMILES string of the molecule is CC/C=C/C=C/C=C/C=C/C=C/CCCC(=O)OC(COC(=O)CC/C=C/C/C=C/CC)CO[C@H]1O[C@H](CS(=O)(=O)O)[C@@H](O)C(O)C1O. The number of hydrogen-bond acceptors (Lipinski definition) is 11. The average Bonchev–Trinajstić information content (AvgIpc) is 3.04. The molecule has 12 nitrogen and oxygen atoms in total. The highest BCUT2D eigenvalue weighted by Gasteiger charge is 2.46. The lowest BCUT2D eigenvalue weighted by Crippen LogP contribution is -2.60. The molecule has 1 heterocycles. The molecule has 48 heavy (non-hydrogen) atoms. The van der Waals surface area contributed by atoms with Crippen LogP contribution in [-0.4, -0.2) is 96.0 Å². The van der Waals surface area contributed by atoms with Gasteiger partial charge in [-0.05, 0) is 38.5 Å². The molecule has 1 rings (SSSR count). The lowest BCUT2D eigenvalue weighted by molar-refractivity contribution is -0.297. The standard InChI is InChI=1S/C35H52O12S/c1-3-5-7-9-11-12-13-14-15-16-18-20-22-24-31(37)46-28(25-44-30(36)23-21-19-17-10-8-6-4-2)26-45-35-34(40)33(39)32(38)29(47-35)27-48(41,42)43/h5-9,11-19,28-29,32-35,38-40H,3-4,10,20-27H2,1-2H3,(H,41,42,43)/b7-5+,8-6+,11-9+,13-12+,15-14+,18-16+,19-17+/t28?,29-,32-,33?,34?,35+/m1/s1. The number of ether oxygens (including phenoxy) is 4. The van der Waals surface area contributed by atoms with E-state index in [-0.39, 0.29) is 19.4 Å². The summed E-state index contributed by atoms with van der Waals surface area (Å²) in [6.45, 7) is 3.26. The van der Waals surface area contributed by atoms with Crippen molar-refractivity contribution in [1.29, 1.82) is 0 Å². The van der Waals surface area contributed by atoms with Crippen molar-refractivity contribution in [1.82, 2.24) is 0 Å². The van der Waals surface area contributed by atoms with Gasteiger partial charge in [0, 0.05) is 12.8 Å². The molecule has 1 saturated heterocycles. The minimum Gasteiger partial charge on any atom is -0.462 e. The van der Waals surface area contributed by atoms with E-state index < -0.39 is 71.2 Å². The Bertz CT molecular complexity index is 1230. The molecular weight excluding hydrogens is 644 g/mol. The van der Waals surface area contributed by atoms with Gasteiger partial charge in [-0.1, -0.05) is 98.9 Å². The van der Waals surface area contributed by atoms with E-state index in [1.54, 1.807) is 0 Å². The second-order valence-electron chi connectivity index (χ2n) is 10.8. The first-order valence-corrected chi connectivity index (χ1v) is 17.8. The second kappa shape index (κ2) is 25.8. The first-order valence-electron chi connectivity index (χ1n) is 16.2. The van der Waals surface area contributed by atoms with Crippen LogP contribution in [0.2, 0.25) is 0 Å². The molecule has 0 bridgehead atoms. The van der Waals surface area contributed by atoms with Crippen LogP contribution in [0.5, 0.6) is 0 Å². The van der Waals surface area contributed by atoms with E-state index in [1.807, 2.05) is 85.9 Å². The van der Waals surface area contributed by atoms with Gasteiger partial charge < -0.3 is 34.3 Å². The van der Waals surface area contributed by atoms with Gasteiger partial charge in [0.05, 0.1) is 6.61 Å². The molecule has 1 aliphatic rings. The van der Waals surface area contributed by atoms with E-state index in [9.17, 15) is 33.3 Å². The van der Waals surface area contributed by atoms with Crippen LogP contribution < -0.4 is 0 Å². The fourth-order valence-corrected chi connectivity index (χ4v) is 4.81. The third kappa shape index (κ3) is 20.9. The number of esters is 2. The van der Waals surface area contributed by atoms with Crippen molar-refractivity contribution in [3.8, 4) is 0 Å². The molecule has 0 aromatic rings. The van der Waals surface area contributed by atoms with Gasteiger partial charge in [0.25, 0.3) is 10.1 Å². The number of rotatable bonds is 23. The Morgan fingerprint density at radius 3 is 2.00 bits per heavy atom. The van der Waals surface area contributed by atoms with E-state index in [2.05, 4.69) is 13.0 Å². The molecule has 1 aliphatic heterocycles. The summed E-state index contributed by atoms with van der Waals surface area (Å²) < 4.78 is 53.3. The fraction of sp³-hybridized carbons (Fsp3) is 0.543. The zero-order valence-corrected chi connectivity index (χ0v) is 28.6. The first kappa shape index (κ1) is 42.9. The summed E-state index contributed by atoms with van der Waals surface area (Å²) in [5.74, 6) is -2.20. The molecule has 0 saturated carbocycles. The largest absolute Gasteiger partial charge is 0.462 e. The maximum atomic E-state index is 12.6. The molecule has 13 heteroatoms. The summed E-state index contributed by atoms with van der Waals surface area (Å²) in [5.41, 5.74) is 0. The molecule has 0 aliphatic carbocycles. The summed E-state index contributed by atoms with van der Waals surface area (Å²) in [5, 5.41) is 30.6.